The molecule has 0 radical (unpaired) electrons. The zero-order chi connectivity index (χ0) is 21.2. The number of hydrogen-bond acceptors (Lipinski definition) is 3. The summed E-state index contributed by atoms with van der Waals surface area (Å²) in [5.74, 6) is -0.113. The van der Waals surface area contributed by atoms with E-state index in [0.717, 1.165) is 16.3 Å². The summed E-state index contributed by atoms with van der Waals surface area (Å²) in [6.07, 6.45) is 12.4. The normalized spacial score (nSPS) is 23.6. The van der Waals surface area contributed by atoms with Gasteiger partial charge >= 0.3 is 6.03 Å². The van der Waals surface area contributed by atoms with Crippen molar-refractivity contribution >= 4 is 22.7 Å². The van der Waals surface area contributed by atoms with Gasteiger partial charge in [0.25, 0.3) is 5.91 Å². The smallest absolute Gasteiger partial charge is 0.322 e. The molecule has 1 heterocycles. The third-order valence-electron chi connectivity index (χ3n) is 7.55. The van der Waals surface area contributed by atoms with E-state index in [9.17, 15) is 9.59 Å². The van der Waals surface area contributed by atoms with Crippen LogP contribution in [-0.4, -0.2) is 40.5 Å². The Kier molecular flexibility index (Phi) is 5.95. The second-order valence-electron chi connectivity index (χ2n) is 9.46. The van der Waals surface area contributed by atoms with E-state index in [1.54, 1.807) is 0 Å². The summed E-state index contributed by atoms with van der Waals surface area (Å²) < 4.78 is 0. The summed E-state index contributed by atoms with van der Waals surface area (Å²) in [5.41, 5.74) is 0.890. The second kappa shape index (κ2) is 8.99. The molecule has 2 aromatic rings. The topological polar surface area (TPSA) is 52.7 Å². The number of hydrogen-bond donors (Lipinski definition) is 1. The average molecular weight is 420 g/mol. The van der Waals surface area contributed by atoms with Gasteiger partial charge in [-0.05, 0) is 42.0 Å². The van der Waals surface area contributed by atoms with Gasteiger partial charge in [-0.1, -0.05) is 81.0 Å². The molecule has 0 bridgehead atoms. The van der Waals surface area contributed by atoms with Crippen molar-refractivity contribution in [2.75, 3.05) is 6.67 Å². The van der Waals surface area contributed by atoms with E-state index in [4.69, 9.17) is 0 Å². The van der Waals surface area contributed by atoms with E-state index in [2.05, 4.69) is 10.2 Å². The molecule has 31 heavy (non-hydrogen) atoms. The van der Waals surface area contributed by atoms with Crippen LogP contribution >= 0.6 is 0 Å². The van der Waals surface area contributed by atoms with Crippen molar-refractivity contribution < 1.29 is 9.59 Å². The molecule has 1 aliphatic heterocycles. The third kappa shape index (κ3) is 4.08. The van der Waals surface area contributed by atoms with E-state index < -0.39 is 6.04 Å². The van der Waals surface area contributed by atoms with E-state index in [0.29, 0.717) is 18.8 Å². The Labute approximate surface area is 184 Å². The fourth-order valence-electron chi connectivity index (χ4n) is 5.88. The number of nitrogens with one attached hydrogen (secondary N) is 1. The second-order valence-corrected chi connectivity index (χ2v) is 9.46. The maximum absolute atomic E-state index is 13.5. The Morgan fingerprint density at radius 2 is 1.42 bits per heavy atom. The molecule has 2 aromatic carbocycles. The quantitative estimate of drug-likeness (QED) is 0.664. The minimum absolute atomic E-state index is 0.113. The van der Waals surface area contributed by atoms with Crippen LogP contribution in [0.15, 0.2) is 42.5 Å². The number of benzene rings is 2. The Balaban J connectivity index is 1.40. The predicted octanol–water partition coefficient (Wildman–Crippen LogP) is 5.36. The van der Waals surface area contributed by atoms with Crippen molar-refractivity contribution in [3.05, 3.63) is 48.0 Å². The lowest BCUT2D eigenvalue weighted by molar-refractivity contribution is -0.130. The van der Waals surface area contributed by atoms with Crippen LogP contribution in [0.5, 0.6) is 0 Å². The van der Waals surface area contributed by atoms with Gasteiger partial charge < -0.3 is 5.32 Å². The van der Waals surface area contributed by atoms with Crippen LogP contribution in [0.1, 0.15) is 75.8 Å². The Morgan fingerprint density at radius 3 is 2.10 bits per heavy atom. The van der Waals surface area contributed by atoms with Crippen LogP contribution < -0.4 is 5.32 Å². The van der Waals surface area contributed by atoms with Gasteiger partial charge in [0.05, 0.1) is 6.67 Å². The highest BCUT2D eigenvalue weighted by molar-refractivity contribution is 6.06. The van der Waals surface area contributed by atoms with Gasteiger partial charge in [0.15, 0.2) is 0 Å². The standard InChI is InChI=1S/C26H33N3O2/c30-25-24(23-17-9-11-19-10-7-8-16-22(19)23)27-26(31)29(25)18-28(20-12-3-1-4-13-20)21-14-5-2-6-15-21/h7-11,16-17,20-21,24H,1-6,12-15,18H2,(H,27,31)/t24-/m1/s1. The molecule has 164 valence electrons. The van der Waals surface area contributed by atoms with Gasteiger partial charge in [-0.2, -0.15) is 0 Å². The summed E-state index contributed by atoms with van der Waals surface area (Å²) in [7, 11) is 0. The molecule has 3 fully saturated rings. The first kappa shape index (κ1) is 20.5. The zero-order valence-electron chi connectivity index (χ0n) is 18.3. The fraction of sp³-hybridized carbons (Fsp3) is 0.538. The Bertz CT molecular complexity index is 923. The molecular weight excluding hydrogens is 386 g/mol. The molecule has 1 atom stereocenters. The lowest BCUT2D eigenvalue weighted by Crippen LogP contribution is -2.52. The number of fused-ring (bicyclic) bond motifs is 1. The van der Waals surface area contributed by atoms with Gasteiger partial charge in [-0.25, -0.2) is 9.69 Å². The first-order valence-corrected chi connectivity index (χ1v) is 12.1. The molecule has 2 aliphatic carbocycles. The zero-order valence-corrected chi connectivity index (χ0v) is 18.3. The van der Waals surface area contributed by atoms with Gasteiger partial charge in [0.1, 0.15) is 6.04 Å². The van der Waals surface area contributed by atoms with Crippen molar-refractivity contribution in [1.29, 1.82) is 0 Å². The Morgan fingerprint density at radius 1 is 0.806 bits per heavy atom. The number of carbonyl (C=O) groups is 2. The van der Waals surface area contributed by atoms with Crippen molar-refractivity contribution in [2.45, 2.75) is 82.3 Å². The molecule has 3 amide bonds. The lowest BCUT2D eigenvalue weighted by Gasteiger charge is -2.42. The number of nitrogens with zero attached hydrogens (tertiary/aromatic N) is 2. The SMILES string of the molecule is O=C1N[C@H](c2cccc3ccccc23)C(=O)N1CN(C1CCCCC1)C1CCCCC1. The monoisotopic (exact) mass is 419 g/mol. The van der Waals surface area contributed by atoms with Gasteiger partial charge in [-0.3, -0.25) is 9.69 Å². The molecule has 3 aliphatic rings. The van der Waals surface area contributed by atoms with Crippen molar-refractivity contribution in [3.63, 3.8) is 0 Å². The minimum atomic E-state index is -0.599. The minimum Gasteiger partial charge on any atom is -0.322 e. The summed E-state index contributed by atoms with van der Waals surface area (Å²) in [4.78, 5) is 30.4. The highest BCUT2D eigenvalue weighted by Gasteiger charge is 2.42. The van der Waals surface area contributed by atoms with Crippen LogP contribution in [0.2, 0.25) is 0 Å². The molecule has 1 N–H and O–H groups in total. The van der Waals surface area contributed by atoms with Crippen LogP contribution in [0.4, 0.5) is 4.79 Å². The maximum atomic E-state index is 13.5. The molecule has 0 spiro atoms. The fourth-order valence-corrected chi connectivity index (χ4v) is 5.88. The van der Waals surface area contributed by atoms with Crippen LogP contribution in [-0.2, 0) is 4.79 Å². The number of imide groups is 1. The number of amides is 3. The Hall–Kier alpha value is -2.40. The first-order chi connectivity index (χ1) is 15.2. The summed E-state index contributed by atoms with van der Waals surface area (Å²) in [5, 5.41) is 5.10. The number of urea groups is 1. The molecule has 2 saturated carbocycles. The third-order valence-corrected chi connectivity index (χ3v) is 7.55. The highest BCUT2D eigenvalue weighted by atomic mass is 16.2. The molecule has 5 rings (SSSR count). The maximum Gasteiger partial charge on any atom is 0.326 e. The molecule has 1 saturated heterocycles. The molecule has 5 nitrogen and oxygen atoms in total. The number of carbonyl (C=O) groups excluding carboxylic acids is 2. The van der Waals surface area contributed by atoms with Crippen molar-refractivity contribution in [3.8, 4) is 0 Å². The van der Waals surface area contributed by atoms with Crippen molar-refractivity contribution in [1.82, 2.24) is 15.1 Å². The molecular formula is C26H33N3O2. The summed E-state index contributed by atoms with van der Waals surface area (Å²) in [6, 6.07) is 14.2. The van der Waals surface area contributed by atoms with Gasteiger partial charge in [0, 0.05) is 12.1 Å². The van der Waals surface area contributed by atoms with Crippen molar-refractivity contribution in [2.24, 2.45) is 0 Å². The lowest BCUT2D eigenvalue weighted by atomic mass is 9.89. The van der Waals surface area contributed by atoms with Gasteiger partial charge in [-0.15, -0.1) is 0 Å². The van der Waals surface area contributed by atoms with E-state index >= 15 is 0 Å². The largest absolute Gasteiger partial charge is 0.326 e. The van der Waals surface area contributed by atoms with Crippen LogP contribution in [0.25, 0.3) is 10.8 Å². The predicted molar refractivity (Wildman–Crippen MR) is 123 cm³/mol. The molecule has 0 unspecified atom stereocenters. The van der Waals surface area contributed by atoms with Gasteiger partial charge in [0.2, 0.25) is 0 Å². The summed E-state index contributed by atoms with van der Waals surface area (Å²) in [6.45, 7) is 0.432. The van der Waals surface area contributed by atoms with E-state index in [1.165, 1.54) is 69.1 Å². The van der Waals surface area contributed by atoms with E-state index in [-0.39, 0.29) is 11.9 Å². The first-order valence-electron chi connectivity index (χ1n) is 12.1. The molecule has 5 heteroatoms. The van der Waals surface area contributed by atoms with E-state index in [1.807, 2.05) is 42.5 Å². The number of rotatable bonds is 5. The molecule has 0 aromatic heterocycles. The van der Waals surface area contributed by atoms with Crippen LogP contribution in [0, 0.1) is 0 Å². The highest BCUT2D eigenvalue weighted by Crippen LogP contribution is 2.33. The summed E-state index contributed by atoms with van der Waals surface area (Å²) >= 11 is 0. The average Bonchev–Trinajstić information content (AvgIpc) is 3.11. The van der Waals surface area contributed by atoms with Crippen LogP contribution in [0.3, 0.4) is 0 Å².